The lowest BCUT2D eigenvalue weighted by molar-refractivity contribution is -0.130. The lowest BCUT2D eigenvalue weighted by Gasteiger charge is -2.26. The first-order valence-electron chi connectivity index (χ1n) is 8.65. The summed E-state index contributed by atoms with van der Waals surface area (Å²) >= 11 is 14.0. The van der Waals surface area contributed by atoms with Gasteiger partial charge in [0.15, 0.2) is 5.13 Å². The molecule has 6 nitrogen and oxygen atoms in total. The molecule has 2 aliphatic heterocycles. The normalized spacial score (nSPS) is 20.1. The number of aromatic nitrogens is 1. The van der Waals surface area contributed by atoms with E-state index in [1.165, 1.54) is 23.3 Å². The third-order valence-electron chi connectivity index (χ3n) is 4.59. The van der Waals surface area contributed by atoms with Crippen molar-refractivity contribution in [1.82, 2.24) is 9.99 Å². The van der Waals surface area contributed by atoms with Crippen molar-refractivity contribution in [3.05, 3.63) is 44.9 Å². The van der Waals surface area contributed by atoms with Crippen molar-refractivity contribution in [2.45, 2.75) is 19.4 Å². The average molecular weight is 425 g/mol. The zero-order valence-corrected chi connectivity index (χ0v) is 17.0. The van der Waals surface area contributed by atoms with Crippen molar-refractivity contribution in [2.75, 3.05) is 31.2 Å². The van der Waals surface area contributed by atoms with E-state index in [1.807, 2.05) is 24.3 Å². The molecule has 0 aliphatic carbocycles. The number of morpholine rings is 1. The summed E-state index contributed by atoms with van der Waals surface area (Å²) in [5.74, 6) is -0.124. The predicted molar refractivity (Wildman–Crippen MR) is 108 cm³/mol. The first-order valence-corrected chi connectivity index (χ1v) is 10.2. The second kappa shape index (κ2) is 7.75. The molecule has 1 unspecified atom stereocenters. The van der Waals surface area contributed by atoms with E-state index >= 15 is 0 Å². The second-order valence-corrected chi connectivity index (χ2v) is 8.19. The fourth-order valence-electron chi connectivity index (χ4n) is 3.22. The predicted octanol–water partition coefficient (Wildman–Crippen LogP) is 3.98. The number of rotatable bonds is 3. The first-order chi connectivity index (χ1) is 13.0. The molecule has 0 spiro atoms. The molecule has 0 N–H and O–H groups in total. The Bertz CT molecular complexity index is 878. The van der Waals surface area contributed by atoms with Crippen molar-refractivity contribution < 1.29 is 9.53 Å². The molecule has 2 aliphatic rings. The molecule has 1 amide bonds. The van der Waals surface area contributed by atoms with Crippen LogP contribution < -0.4 is 4.90 Å². The second-order valence-electron chi connectivity index (χ2n) is 6.39. The molecule has 1 aromatic heterocycles. The van der Waals surface area contributed by atoms with E-state index < -0.39 is 0 Å². The maximum atomic E-state index is 12.2. The van der Waals surface area contributed by atoms with Crippen molar-refractivity contribution in [3.8, 4) is 0 Å². The van der Waals surface area contributed by atoms with E-state index in [0.717, 1.165) is 34.4 Å². The zero-order valence-electron chi connectivity index (χ0n) is 14.7. The fraction of sp³-hybridized carbons (Fsp3) is 0.389. The van der Waals surface area contributed by atoms with Crippen LogP contribution in [0.1, 0.15) is 29.8 Å². The van der Waals surface area contributed by atoms with Gasteiger partial charge in [0.1, 0.15) is 5.15 Å². The molecule has 27 heavy (non-hydrogen) atoms. The lowest BCUT2D eigenvalue weighted by Crippen LogP contribution is -2.36. The molecule has 1 fully saturated rings. The van der Waals surface area contributed by atoms with Crippen molar-refractivity contribution in [2.24, 2.45) is 5.10 Å². The van der Waals surface area contributed by atoms with E-state index in [-0.39, 0.29) is 11.9 Å². The number of carbonyl (C=O) groups excluding carboxylic acids is 1. The number of anilines is 1. The Kier molecular flexibility index (Phi) is 5.36. The Morgan fingerprint density at radius 1 is 1.22 bits per heavy atom. The summed E-state index contributed by atoms with van der Waals surface area (Å²) in [6.45, 7) is 4.45. The number of benzene rings is 1. The molecule has 9 heteroatoms. The molecular weight excluding hydrogens is 407 g/mol. The number of halogens is 2. The van der Waals surface area contributed by atoms with E-state index in [4.69, 9.17) is 27.9 Å². The molecule has 1 saturated heterocycles. The molecule has 2 aromatic rings. The number of hydrogen-bond donors (Lipinski definition) is 0. The highest BCUT2D eigenvalue weighted by molar-refractivity contribution is 7.16. The number of carbonyl (C=O) groups is 1. The van der Waals surface area contributed by atoms with Crippen LogP contribution in [0.25, 0.3) is 0 Å². The molecule has 142 valence electrons. The van der Waals surface area contributed by atoms with E-state index in [9.17, 15) is 4.79 Å². The fourth-order valence-corrected chi connectivity index (χ4v) is 4.81. The lowest BCUT2D eigenvalue weighted by atomic mass is 10.0. The number of thiazole rings is 1. The average Bonchev–Trinajstić information content (AvgIpc) is 3.27. The van der Waals surface area contributed by atoms with E-state index in [2.05, 4.69) is 15.0 Å². The zero-order chi connectivity index (χ0) is 19.0. The van der Waals surface area contributed by atoms with Crippen LogP contribution in [0.15, 0.2) is 29.4 Å². The van der Waals surface area contributed by atoms with Gasteiger partial charge in [-0.3, -0.25) is 4.79 Å². The quantitative estimate of drug-likeness (QED) is 0.747. The Labute approximate surface area is 171 Å². The largest absolute Gasteiger partial charge is 0.378 e. The van der Waals surface area contributed by atoms with E-state index in [0.29, 0.717) is 29.8 Å². The van der Waals surface area contributed by atoms with Gasteiger partial charge < -0.3 is 9.64 Å². The van der Waals surface area contributed by atoms with Crippen LogP contribution in [0.4, 0.5) is 5.13 Å². The topological polar surface area (TPSA) is 58.0 Å². The molecule has 1 aromatic carbocycles. The van der Waals surface area contributed by atoms with Gasteiger partial charge >= 0.3 is 0 Å². The van der Waals surface area contributed by atoms with Gasteiger partial charge in [0.25, 0.3) is 0 Å². The third kappa shape index (κ3) is 3.82. The van der Waals surface area contributed by atoms with Gasteiger partial charge in [-0.15, -0.1) is 0 Å². The van der Waals surface area contributed by atoms with Crippen LogP contribution in [-0.2, 0) is 9.53 Å². The van der Waals surface area contributed by atoms with Crippen molar-refractivity contribution in [1.29, 1.82) is 0 Å². The molecule has 1 atom stereocenters. The number of amides is 1. The summed E-state index contributed by atoms with van der Waals surface area (Å²) in [7, 11) is 0. The SMILES string of the molecule is CC(=O)N1N=C(c2ccc(Cl)cc2)CC1c1sc(N2CCOCC2)nc1Cl. The number of hydrazone groups is 1. The van der Waals surface area contributed by atoms with Crippen LogP contribution in [0.5, 0.6) is 0 Å². The van der Waals surface area contributed by atoms with Gasteiger partial charge in [-0.05, 0) is 17.7 Å². The minimum absolute atomic E-state index is 0.124. The number of hydrogen-bond acceptors (Lipinski definition) is 6. The standard InChI is InChI=1S/C18H18Cl2N4O2S/c1-11(25)24-15(10-14(22-24)12-2-4-13(19)5-3-12)16-17(20)21-18(27-16)23-6-8-26-9-7-23/h2-5,15H,6-10H2,1H3. The van der Waals surface area contributed by atoms with Gasteiger partial charge in [-0.1, -0.05) is 46.7 Å². The first kappa shape index (κ1) is 18.7. The Morgan fingerprint density at radius 3 is 2.59 bits per heavy atom. The maximum absolute atomic E-state index is 12.2. The highest BCUT2D eigenvalue weighted by Crippen LogP contribution is 2.42. The Balaban J connectivity index is 1.62. The van der Waals surface area contributed by atoms with Crippen LogP contribution in [0, 0.1) is 0 Å². The van der Waals surface area contributed by atoms with Gasteiger partial charge in [-0.2, -0.15) is 5.10 Å². The van der Waals surface area contributed by atoms with Gasteiger partial charge in [-0.25, -0.2) is 9.99 Å². The molecule has 0 radical (unpaired) electrons. The summed E-state index contributed by atoms with van der Waals surface area (Å²) in [6.07, 6.45) is 0.589. The van der Waals surface area contributed by atoms with Crippen molar-refractivity contribution >= 4 is 51.3 Å². The minimum atomic E-state index is -0.243. The summed E-state index contributed by atoms with van der Waals surface area (Å²) < 4.78 is 5.40. The highest BCUT2D eigenvalue weighted by atomic mass is 35.5. The summed E-state index contributed by atoms with van der Waals surface area (Å²) in [4.78, 5) is 19.7. The Morgan fingerprint density at radius 2 is 1.93 bits per heavy atom. The highest BCUT2D eigenvalue weighted by Gasteiger charge is 2.35. The van der Waals surface area contributed by atoms with Crippen LogP contribution in [0.2, 0.25) is 10.2 Å². The monoisotopic (exact) mass is 424 g/mol. The maximum Gasteiger partial charge on any atom is 0.240 e. The summed E-state index contributed by atoms with van der Waals surface area (Å²) in [5, 5.41) is 8.02. The number of ether oxygens (including phenoxy) is 1. The molecule has 0 saturated carbocycles. The van der Waals surface area contributed by atoms with Crippen LogP contribution >= 0.6 is 34.5 Å². The minimum Gasteiger partial charge on any atom is -0.378 e. The number of nitrogens with zero attached hydrogens (tertiary/aromatic N) is 4. The third-order valence-corrected chi connectivity index (χ3v) is 6.46. The van der Waals surface area contributed by atoms with Crippen LogP contribution in [-0.4, -0.2) is 47.9 Å². The molecule has 0 bridgehead atoms. The van der Waals surface area contributed by atoms with Gasteiger partial charge in [0, 0.05) is 31.5 Å². The Hall–Kier alpha value is -1.67. The van der Waals surface area contributed by atoms with Crippen molar-refractivity contribution in [3.63, 3.8) is 0 Å². The van der Waals surface area contributed by atoms with Crippen LogP contribution in [0.3, 0.4) is 0 Å². The molecular formula is C18H18Cl2N4O2S. The summed E-state index contributed by atoms with van der Waals surface area (Å²) in [5.41, 5.74) is 1.78. The summed E-state index contributed by atoms with van der Waals surface area (Å²) in [6, 6.07) is 7.22. The van der Waals surface area contributed by atoms with Gasteiger partial charge in [0.05, 0.1) is 29.8 Å². The van der Waals surface area contributed by atoms with Gasteiger partial charge in [0.2, 0.25) is 5.91 Å². The smallest absolute Gasteiger partial charge is 0.240 e. The molecule has 3 heterocycles. The van der Waals surface area contributed by atoms with E-state index in [1.54, 1.807) is 0 Å². The molecule has 4 rings (SSSR count).